The summed E-state index contributed by atoms with van der Waals surface area (Å²) in [7, 11) is 0. The van der Waals surface area contributed by atoms with E-state index < -0.39 is 0 Å². The van der Waals surface area contributed by atoms with Crippen molar-refractivity contribution in [2.75, 3.05) is 19.1 Å². The minimum atomic E-state index is -0.227. The molecule has 1 N–H and O–H groups in total. The SMILES string of the molecule is O=C(CCl)NC(c1cc(Cl)ccc1Cl)C1CCOC1. The molecule has 2 unspecified atom stereocenters. The number of amides is 1. The zero-order chi connectivity index (χ0) is 13.8. The number of alkyl halides is 1. The van der Waals surface area contributed by atoms with Crippen molar-refractivity contribution in [3.8, 4) is 0 Å². The molecule has 1 saturated heterocycles. The number of rotatable bonds is 4. The van der Waals surface area contributed by atoms with Gasteiger partial charge in [0.05, 0.1) is 12.6 Å². The van der Waals surface area contributed by atoms with Crippen LogP contribution in [0.5, 0.6) is 0 Å². The van der Waals surface area contributed by atoms with Crippen molar-refractivity contribution >= 4 is 40.7 Å². The average molecular weight is 323 g/mol. The molecule has 2 atom stereocenters. The van der Waals surface area contributed by atoms with Crippen molar-refractivity contribution in [2.45, 2.75) is 12.5 Å². The van der Waals surface area contributed by atoms with Gasteiger partial charge in [-0.25, -0.2) is 0 Å². The minimum absolute atomic E-state index is 0.0811. The highest BCUT2D eigenvalue weighted by Gasteiger charge is 2.29. The van der Waals surface area contributed by atoms with Gasteiger partial charge in [-0.3, -0.25) is 4.79 Å². The highest BCUT2D eigenvalue weighted by atomic mass is 35.5. The summed E-state index contributed by atoms with van der Waals surface area (Å²) in [4.78, 5) is 11.6. The van der Waals surface area contributed by atoms with Crippen LogP contribution in [0.15, 0.2) is 18.2 Å². The summed E-state index contributed by atoms with van der Waals surface area (Å²) in [5.74, 6) is -0.125. The fourth-order valence-corrected chi connectivity index (χ4v) is 2.72. The number of hydrogen-bond donors (Lipinski definition) is 1. The van der Waals surface area contributed by atoms with E-state index in [0.717, 1.165) is 12.0 Å². The van der Waals surface area contributed by atoms with Gasteiger partial charge in [0.15, 0.2) is 0 Å². The molecule has 1 heterocycles. The molecular weight excluding hydrogens is 309 g/mol. The number of hydrogen-bond acceptors (Lipinski definition) is 2. The van der Waals surface area contributed by atoms with Crippen LogP contribution in [0.2, 0.25) is 10.0 Å². The van der Waals surface area contributed by atoms with Gasteiger partial charge in [0.25, 0.3) is 0 Å². The molecule has 0 aliphatic carbocycles. The molecular formula is C13H14Cl3NO2. The normalized spacial score (nSPS) is 20.3. The predicted octanol–water partition coefficient (Wildman–Crippen LogP) is 3.43. The Labute approximate surface area is 127 Å². The second-order valence-corrected chi connectivity index (χ2v) is 5.58. The molecule has 3 nitrogen and oxygen atoms in total. The van der Waals surface area contributed by atoms with Crippen LogP contribution in [-0.2, 0) is 9.53 Å². The number of carbonyl (C=O) groups is 1. The van der Waals surface area contributed by atoms with Crippen LogP contribution in [-0.4, -0.2) is 25.0 Å². The molecule has 1 aromatic carbocycles. The van der Waals surface area contributed by atoms with E-state index in [0.29, 0.717) is 23.3 Å². The van der Waals surface area contributed by atoms with E-state index in [-0.39, 0.29) is 23.7 Å². The average Bonchev–Trinajstić information content (AvgIpc) is 2.92. The van der Waals surface area contributed by atoms with Gasteiger partial charge < -0.3 is 10.1 Å². The molecule has 0 radical (unpaired) electrons. The quantitative estimate of drug-likeness (QED) is 0.863. The zero-order valence-electron chi connectivity index (χ0n) is 10.2. The van der Waals surface area contributed by atoms with Crippen molar-refractivity contribution < 1.29 is 9.53 Å². The van der Waals surface area contributed by atoms with E-state index >= 15 is 0 Å². The van der Waals surface area contributed by atoms with Gasteiger partial charge in [0.2, 0.25) is 5.91 Å². The van der Waals surface area contributed by atoms with Crippen LogP contribution in [0, 0.1) is 5.92 Å². The third kappa shape index (κ3) is 3.76. The third-order valence-corrected chi connectivity index (χ3v) is 3.99. The lowest BCUT2D eigenvalue weighted by Gasteiger charge is -2.25. The minimum Gasteiger partial charge on any atom is -0.381 e. The molecule has 1 aromatic rings. The largest absolute Gasteiger partial charge is 0.381 e. The zero-order valence-corrected chi connectivity index (χ0v) is 12.4. The van der Waals surface area contributed by atoms with Crippen LogP contribution < -0.4 is 5.32 Å². The first kappa shape index (κ1) is 14.9. The highest BCUT2D eigenvalue weighted by Crippen LogP contribution is 2.34. The Balaban J connectivity index is 2.29. The molecule has 1 aliphatic heterocycles. The van der Waals surface area contributed by atoms with Crippen molar-refractivity contribution in [1.29, 1.82) is 0 Å². The summed E-state index contributed by atoms with van der Waals surface area (Å²) in [5, 5.41) is 4.07. The Morgan fingerprint density at radius 3 is 2.89 bits per heavy atom. The van der Waals surface area contributed by atoms with E-state index in [2.05, 4.69) is 5.32 Å². The fraction of sp³-hybridized carbons (Fsp3) is 0.462. The van der Waals surface area contributed by atoms with Gasteiger partial charge in [-0.15, -0.1) is 11.6 Å². The third-order valence-electron chi connectivity index (χ3n) is 3.17. The van der Waals surface area contributed by atoms with Gasteiger partial charge in [0, 0.05) is 22.6 Å². The Bertz CT molecular complexity index is 461. The summed E-state index contributed by atoms with van der Waals surface area (Å²) < 4.78 is 5.38. The molecule has 0 saturated carbocycles. The lowest BCUT2D eigenvalue weighted by Crippen LogP contribution is -2.34. The van der Waals surface area contributed by atoms with Crippen LogP contribution in [0.3, 0.4) is 0 Å². The Morgan fingerprint density at radius 2 is 2.26 bits per heavy atom. The molecule has 1 fully saturated rings. The first-order valence-electron chi connectivity index (χ1n) is 6.00. The Morgan fingerprint density at radius 1 is 1.47 bits per heavy atom. The maximum absolute atomic E-state index is 11.6. The van der Waals surface area contributed by atoms with Crippen LogP contribution in [0.25, 0.3) is 0 Å². The van der Waals surface area contributed by atoms with Crippen molar-refractivity contribution in [1.82, 2.24) is 5.32 Å². The standard InChI is InChI=1S/C13H14Cl3NO2/c14-6-12(18)17-13(8-3-4-19-7-8)10-5-9(15)1-2-11(10)16/h1-2,5,8,13H,3-4,6-7H2,(H,17,18). The molecule has 1 aliphatic rings. The first-order chi connectivity index (χ1) is 9.11. The molecule has 19 heavy (non-hydrogen) atoms. The maximum Gasteiger partial charge on any atom is 0.235 e. The topological polar surface area (TPSA) is 38.3 Å². The van der Waals surface area contributed by atoms with E-state index in [4.69, 9.17) is 39.5 Å². The molecule has 0 bridgehead atoms. The molecule has 0 spiro atoms. The van der Waals surface area contributed by atoms with Gasteiger partial charge in [-0.2, -0.15) is 0 Å². The van der Waals surface area contributed by atoms with Gasteiger partial charge in [-0.1, -0.05) is 23.2 Å². The fourth-order valence-electron chi connectivity index (χ4n) is 2.23. The second kappa shape index (κ2) is 6.80. The molecule has 2 rings (SSSR count). The van der Waals surface area contributed by atoms with Gasteiger partial charge in [0.1, 0.15) is 5.88 Å². The van der Waals surface area contributed by atoms with E-state index in [1.165, 1.54) is 0 Å². The monoisotopic (exact) mass is 321 g/mol. The van der Waals surface area contributed by atoms with Crippen molar-refractivity contribution in [3.05, 3.63) is 33.8 Å². The van der Waals surface area contributed by atoms with Gasteiger partial charge >= 0.3 is 0 Å². The number of benzene rings is 1. The van der Waals surface area contributed by atoms with Crippen LogP contribution in [0.1, 0.15) is 18.0 Å². The molecule has 1 amide bonds. The summed E-state index contributed by atoms with van der Waals surface area (Å²) >= 11 is 17.8. The highest BCUT2D eigenvalue weighted by molar-refractivity contribution is 6.33. The molecule has 104 valence electrons. The summed E-state index contributed by atoms with van der Waals surface area (Å²) in [5.41, 5.74) is 0.808. The van der Waals surface area contributed by atoms with Crippen LogP contribution in [0.4, 0.5) is 0 Å². The number of carbonyl (C=O) groups excluding carboxylic acids is 1. The summed E-state index contributed by atoms with van der Waals surface area (Å²) in [6.45, 7) is 1.28. The van der Waals surface area contributed by atoms with E-state index in [1.807, 2.05) is 0 Å². The lowest BCUT2D eigenvalue weighted by atomic mass is 9.92. The van der Waals surface area contributed by atoms with E-state index in [1.54, 1.807) is 18.2 Å². The molecule has 6 heteroatoms. The molecule has 0 aromatic heterocycles. The Hall–Kier alpha value is -0.480. The van der Waals surface area contributed by atoms with Crippen molar-refractivity contribution in [3.63, 3.8) is 0 Å². The number of nitrogens with one attached hydrogen (secondary N) is 1. The predicted molar refractivity (Wildman–Crippen MR) is 77.0 cm³/mol. The number of halogens is 3. The van der Waals surface area contributed by atoms with Crippen LogP contribution >= 0.6 is 34.8 Å². The Kier molecular flexibility index (Phi) is 5.34. The smallest absolute Gasteiger partial charge is 0.235 e. The van der Waals surface area contributed by atoms with E-state index in [9.17, 15) is 4.79 Å². The summed E-state index contributed by atoms with van der Waals surface area (Å²) in [6.07, 6.45) is 0.871. The maximum atomic E-state index is 11.6. The number of ether oxygens (including phenoxy) is 1. The second-order valence-electron chi connectivity index (χ2n) is 4.47. The summed E-state index contributed by atoms with van der Waals surface area (Å²) in [6, 6.07) is 5.01. The van der Waals surface area contributed by atoms with Crippen molar-refractivity contribution in [2.24, 2.45) is 5.92 Å². The van der Waals surface area contributed by atoms with Gasteiger partial charge in [-0.05, 0) is 30.2 Å². The first-order valence-corrected chi connectivity index (χ1v) is 7.29. The lowest BCUT2D eigenvalue weighted by molar-refractivity contribution is -0.119.